The summed E-state index contributed by atoms with van der Waals surface area (Å²) in [7, 11) is 0. The quantitative estimate of drug-likeness (QED) is 0.277. The molecule has 1 saturated carbocycles. The molecule has 6 heteroatoms. The summed E-state index contributed by atoms with van der Waals surface area (Å²) < 4.78 is 11.1. The Kier molecular flexibility index (Phi) is 9.68. The Morgan fingerprint density at radius 1 is 0.917 bits per heavy atom. The van der Waals surface area contributed by atoms with Crippen LogP contribution in [-0.2, 0) is 14.3 Å². The van der Waals surface area contributed by atoms with Crippen molar-refractivity contribution >= 4 is 17.7 Å². The van der Waals surface area contributed by atoms with Crippen molar-refractivity contribution in [1.82, 2.24) is 0 Å². The van der Waals surface area contributed by atoms with Gasteiger partial charge in [0.1, 0.15) is 6.61 Å². The number of benzene rings is 2. The topological polar surface area (TPSA) is 74.2 Å². The van der Waals surface area contributed by atoms with Crippen LogP contribution in [0.2, 0.25) is 0 Å². The number of nitrogens with zero attached hydrogens (tertiary/aromatic N) is 1. The number of rotatable bonds is 10. The predicted octanol–water partition coefficient (Wildman–Crippen LogP) is 6.56. The van der Waals surface area contributed by atoms with E-state index >= 15 is 0 Å². The van der Waals surface area contributed by atoms with Crippen molar-refractivity contribution in [3.05, 3.63) is 71.8 Å². The van der Waals surface area contributed by atoms with Crippen LogP contribution in [-0.4, -0.2) is 37.0 Å². The smallest absolute Gasteiger partial charge is 0.338 e. The second-order valence-electron chi connectivity index (χ2n) is 10.7. The Labute approximate surface area is 215 Å². The van der Waals surface area contributed by atoms with Crippen molar-refractivity contribution in [2.45, 2.75) is 60.0 Å². The largest absolute Gasteiger partial charge is 0.458 e. The van der Waals surface area contributed by atoms with Gasteiger partial charge in [0.2, 0.25) is 0 Å². The van der Waals surface area contributed by atoms with Crippen molar-refractivity contribution < 1.29 is 23.9 Å². The summed E-state index contributed by atoms with van der Waals surface area (Å²) in [5.74, 6) is 0.387. The lowest BCUT2D eigenvalue weighted by atomic mass is 9.63. The van der Waals surface area contributed by atoms with Gasteiger partial charge in [-0.05, 0) is 60.8 Å². The summed E-state index contributed by atoms with van der Waals surface area (Å²) in [5, 5.41) is 4.55. The second kappa shape index (κ2) is 12.7. The number of oxime groups is 1. The third-order valence-electron chi connectivity index (χ3n) is 7.43. The van der Waals surface area contributed by atoms with Gasteiger partial charge in [-0.3, -0.25) is 0 Å². The third-order valence-corrected chi connectivity index (χ3v) is 7.43. The lowest BCUT2D eigenvalue weighted by Gasteiger charge is -2.42. The van der Waals surface area contributed by atoms with E-state index in [9.17, 15) is 9.59 Å². The molecule has 2 aromatic carbocycles. The summed E-state index contributed by atoms with van der Waals surface area (Å²) in [5.41, 5.74) is 2.00. The molecule has 0 bridgehead atoms. The number of carbonyl (C=O) groups excluding carboxylic acids is 2. The van der Waals surface area contributed by atoms with Crippen LogP contribution in [0.25, 0.3) is 0 Å². The molecule has 194 valence electrons. The molecule has 3 rings (SSSR count). The van der Waals surface area contributed by atoms with Crippen LogP contribution in [0.3, 0.4) is 0 Å². The maximum Gasteiger partial charge on any atom is 0.338 e. The first-order valence-corrected chi connectivity index (χ1v) is 12.8. The van der Waals surface area contributed by atoms with Gasteiger partial charge in [0.25, 0.3) is 0 Å². The van der Waals surface area contributed by atoms with E-state index in [1.54, 1.807) is 48.5 Å². The fraction of sp³-hybridized carbons (Fsp3) is 0.500. The molecule has 1 unspecified atom stereocenters. The summed E-state index contributed by atoms with van der Waals surface area (Å²) in [6.07, 6.45) is 2.34. The zero-order valence-electron chi connectivity index (χ0n) is 22.1. The van der Waals surface area contributed by atoms with E-state index in [-0.39, 0.29) is 18.6 Å². The fourth-order valence-electron chi connectivity index (χ4n) is 4.46. The Morgan fingerprint density at radius 3 is 2.08 bits per heavy atom. The highest BCUT2D eigenvalue weighted by Crippen LogP contribution is 2.43. The van der Waals surface area contributed by atoms with E-state index in [2.05, 4.69) is 39.8 Å². The first-order valence-electron chi connectivity index (χ1n) is 12.8. The van der Waals surface area contributed by atoms with Crippen molar-refractivity contribution in [3.8, 4) is 0 Å². The molecule has 0 amide bonds. The van der Waals surface area contributed by atoms with Crippen LogP contribution in [0.4, 0.5) is 0 Å². The average molecular weight is 494 g/mol. The predicted molar refractivity (Wildman–Crippen MR) is 141 cm³/mol. The highest BCUT2D eigenvalue weighted by atomic mass is 16.7. The molecule has 3 atom stereocenters. The molecule has 0 spiro atoms. The van der Waals surface area contributed by atoms with Crippen LogP contribution in [0, 0.1) is 23.2 Å². The van der Waals surface area contributed by atoms with E-state index in [4.69, 9.17) is 14.3 Å². The summed E-state index contributed by atoms with van der Waals surface area (Å²) in [4.78, 5) is 30.9. The van der Waals surface area contributed by atoms with Crippen LogP contribution in [0.1, 0.15) is 74.6 Å². The molecule has 1 aliphatic rings. The van der Waals surface area contributed by atoms with Crippen molar-refractivity contribution in [3.63, 3.8) is 0 Å². The molecular weight excluding hydrogens is 454 g/mol. The molecule has 0 aliphatic heterocycles. The molecule has 0 radical (unpaired) electrons. The van der Waals surface area contributed by atoms with Crippen molar-refractivity contribution in [2.24, 2.45) is 28.3 Å². The lowest BCUT2D eigenvalue weighted by Crippen LogP contribution is -2.39. The number of hydrogen-bond donors (Lipinski definition) is 0. The molecule has 0 saturated heterocycles. The highest BCUT2D eigenvalue weighted by molar-refractivity contribution is 5.90. The number of hydrogen-bond acceptors (Lipinski definition) is 6. The number of carbonyl (C=O) groups is 2. The molecule has 36 heavy (non-hydrogen) atoms. The maximum absolute atomic E-state index is 12.7. The Morgan fingerprint density at radius 2 is 1.50 bits per heavy atom. The monoisotopic (exact) mass is 493 g/mol. The molecule has 0 heterocycles. The second-order valence-corrected chi connectivity index (χ2v) is 10.7. The molecule has 0 N–H and O–H groups in total. The van der Waals surface area contributed by atoms with Crippen LogP contribution >= 0.6 is 0 Å². The van der Waals surface area contributed by atoms with Gasteiger partial charge in [0.05, 0.1) is 16.8 Å². The van der Waals surface area contributed by atoms with E-state index in [1.807, 2.05) is 12.1 Å². The van der Waals surface area contributed by atoms with Gasteiger partial charge in [-0.1, -0.05) is 76.2 Å². The Balaban J connectivity index is 1.70. The minimum absolute atomic E-state index is 0.00660. The maximum atomic E-state index is 12.7. The van der Waals surface area contributed by atoms with Crippen LogP contribution < -0.4 is 0 Å². The first kappa shape index (κ1) is 27.4. The van der Waals surface area contributed by atoms with Crippen molar-refractivity contribution in [2.75, 3.05) is 13.2 Å². The molecule has 2 aromatic rings. The van der Waals surface area contributed by atoms with Crippen molar-refractivity contribution in [1.29, 1.82) is 0 Å². The Hall–Kier alpha value is -3.15. The van der Waals surface area contributed by atoms with E-state index in [1.165, 1.54) is 6.42 Å². The van der Waals surface area contributed by atoms with Gasteiger partial charge in [0, 0.05) is 5.92 Å². The van der Waals surface area contributed by atoms with Crippen LogP contribution in [0.5, 0.6) is 0 Å². The number of esters is 2. The molecule has 1 aliphatic carbocycles. The van der Waals surface area contributed by atoms with E-state index in [0.717, 1.165) is 18.6 Å². The SMILES string of the molecule is CC(C)C(C)(C)[C@@H]1CC[C@@H](C)C/C1=N\OCC(COC(=O)c1ccccc1)OC(=O)c1ccccc1. The third kappa shape index (κ3) is 7.42. The fourth-order valence-corrected chi connectivity index (χ4v) is 4.46. The highest BCUT2D eigenvalue weighted by Gasteiger charge is 2.39. The zero-order chi connectivity index (χ0) is 26.1. The van der Waals surface area contributed by atoms with Gasteiger partial charge < -0.3 is 14.3 Å². The van der Waals surface area contributed by atoms with Gasteiger partial charge in [-0.2, -0.15) is 0 Å². The standard InChI is InChI=1S/C30H39NO5/c1-21(2)30(4,5)26-17-16-22(3)18-27(26)31-35-20-25(36-29(33)24-14-10-7-11-15-24)19-34-28(32)23-12-8-6-9-13-23/h6-15,21-22,25-26H,16-20H2,1-5H3/b31-27+/t22-,25?,26-/m1/s1. The zero-order valence-corrected chi connectivity index (χ0v) is 22.1. The van der Waals surface area contributed by atoms with E-state index in [0.29, 0.717) is 28.9 Å². The molecule has 1 fully saturated rings. The molecule has 6 nitrogen and oxygen atoms in total. The lowest BCUT2D eigenvalue weighted by molar-refractivity contribution is -0.0322. The van der Waals surface area contributed by atoms with Gasteiger partial charge in [-0.15, -0.1) is 0 Å². The molecular formula is C30H39NO5. The minimum atomic E-state index is -0.799. The normalized spacial score (nSPS) is 20.1. The summed E-state index contributed by atoms with van der Waals surface area (Å²) in [6.45, 7) is 11.2. The summed E-state index contributed by atoms with van der Waals surface area (Å²) >= 11 is 0. The first-order chi connectivity index (χ1) is 17.2. The number of ether oxygens (including phenoxy) is 2. The Bertz CT molecular complexity index is 1020. The average Bonchev–Trinajstić information content (AvgIpc) is 2.87. The van der Waals surface area contributed by atoms with Crippen LogP contribution in [0.15, 0.2) is 65.8 Å². The molecule has 0 aromatic heterocycles. The minimum Gasteiger partial charge on any atom is -0.458 e. The van der Waals surface area contributed by atoms with Gasteiger partial charge in [-0.25, -0.2) is 9.59 Å². The van der Waals surface area contributed by atoms with Gasteiger partial charge >= 0.3 is 11.9 Å². The summed E-state index contributed by atoms with van der Waals surface area (Å²) in [6, 6.07) is 17.4. The van der Waals surface area contributed by atoms with Gasteiger partial charge in [0.15, 0.2) is 12.7 Å². The van der Waals surface area contributed by atoms with E-state index < -0.39 is 18.0 Å².